The lowest BCUT2D eigenvalue weighted by atomic mass is 9.89. The third-order valence-corrected chi connectivity index (χ3v) is 3.48. The molecule has 1 saturated heterocycles. The minimum Gasteiger partial charge on any atom is -0.291 e. The summed E-state index contributed by atoms with van der Waals surface area (Å²) in [6, 6.07) is 6.48. The summed E-state index contributed by atoms with van der Waals surface area (Å²) in [6.07, 6.45) is -2.59. The van der Waals surface area contributed by atoms with Crippen LogP contribution in [0.25, 0.3) is 0 Å². The molecule has 0 saturated carbocycles. The van der Waals surface area contributed by atoms with Crippen molar-refractivity contribution in [2.75, 3.05) is 13.6 Å². The van der Waals surface area contributed by atoms with Crippen LogP contribution in [0.3, 0.4) is 0 Å². The largest absolute Gasteiger partial charge is 0.291 e. The lowest BCUT2D eigenvalue weighted by molar-refractivity contribution is -0.521. The standard InChI is InChI=1S/C12H14F2N2O2/c1-15-7-9(16(17)18)10(11(15)12(13)14)8-5-3-2-4-6-8/h2-6,9-12H,7H2,1H3/t9-,10+,11-/m0/s1. The SMILES string of the molecule is CN1C[C@H]([N+](=O)[O-])[C@@H](c2ccccc2)[C@H]1C(F)F. The van der Waals surface area contributed by atoms with E-state index in [1.807, 2.05) is 0 Å². The second-order valence-corrected chi connectivity index (χ2v) is 4.55. The summed E-state index contributed by atoms with van der Waals surface area (Å²) in [5.41, 5.74) is 0.605. The smallest absolute Gasteiger partial charge is 0.254 e. The van der Waals surface area contributed by atoms with Gasteiger partial charge in [0.2, 0.25) is 6.04 Å². The number of benzene rings is 1. The molecule has 4 nitrogen and oxygen atoms in total. The van der Waals surface area contributed by atoms with Crippen molar-refractivity contribution in [3.8, 4) is 0 Å². The highest BCUT2D eigenvalue weighted by atomic mass is 19.3. The maximum absolute atomic E-state index is 13.1. The molecule has 0 radical (unpaired) electrons. The van der Waals surface area contributed by atoms with Crippen molar-refractivity contribution in [1.82, 2.24) is 4.90 Å². The van der Waals surface area contributed by atoms with Gasteiger partial charge in [-0.3, -0.25) is 15.0 Å². The van der Waals surface area contributed by atoms with E-state index in [-0.39, 0.29) is 6.54 Å². The summed E-state index contributed by atoms with van der Waals surface area (Å²) in [6.45, 7) is 0.0571. The number of halogens is 2. The molecule has 6 heteroatoms. The van der Waals surface area contributed by atoms with E-state index in [9.17, 15) is 18.9 Å². The average Bonchev–Trinajstić information content (AvgIpc) is 2.68. The van der Waals surface area contributed by atoms with Gasteiger partial charge in [-0.1, -0.05) is 30.3 Å². The predicted octanol–water partition coefficient (Wildman–Crippen LogP) is 1.99. The number of rotatable bonds is 3. The fraction of sp³-hybridized carbons (Fsp3) is 0.500. The van der Waals surface area contributed by atoms with Crippen LogP contribution in [0.5, 0.6) is 0 Å². The van der Waals surface area contributed by atoms with Gasteiger partial charge in [-0.25, -0.2) is 8.78 Å². The Hall–Kier alpha value is -1.56. The van der Waals surface area contributed by atoms with E-state index in [2.05, 4.69) is 0 Å². The van der Waals surface area contributed by atoms with E-state index in [4.69, 9.17) is 0 Å². The zero-order valence-electron chi connectivity index (χ0n) is 9.87. The monoisotopic (exact) mass is 256 g/mol. The summed E-state index contributed by atoms with van der Waals surface area (Å²) >= 11 is 0. The van der Waals surface area contributed by atoms with E-state index in [1.165, 1.54) is 11.9 Å². The van der Waals surface area contributed by atoms with Gasteiger partial charge in [0.15, 0.2) is 0 Å². The number of likely N-dealkylation sites (N-methyl/N-ethyl adjacent to an activating group) is 1. The molecule has 1 aliphatic rings. The molecule has 98 valence electrons. The topological polar surface area (TPSA) is 46.4 Å². The van der Waals surface area contributed by atoms with E-state index < -0.39 is 29.4 Å². The van der Waals surface area contributed by atoms with Crippen molar-refractivity contribution < 1.29 is 13.7 Å². The van der Waals surface area contributed by atoms with Crippen LogP contribution in [-0.2, 0) is 0 Å². The highest BCUT2D eigenvalue weighted by Gasteiger charge is 2.51. The molecule has 0 N–H and O–H groups in total. The zero-order valence-corrected chi connectivity index (χ0v) is 9.87. The van der Waals surface area contributed by atoms with Gasteiger partial charge in [-0.2, -0.15) is 0 Å². The lowest BCUT2D eigenvalue weighted by Crippen LogP contribution is -2.35. The molecular formula is C12H14F2N2O2. The summed E-state index contributed by atoms with van der Waals surface area (Å²) in [5, 5.41) is 11.0. The van der Waals surface area contributed by atoms with Gasteiger partial charge in [0.1, 0.15) is 0 Å². The first-order valence-corrected chi connectivity index (χ1v) is 5.69. The summed E-state index contributed by atoms with van der Waals surface area (Å²) in [7, 11) is 1.51. The molecule has 0 aliphatic carbocycles. The number of hydrogen-bond donors (Lipinski definition) is 0. The van der Waals surface area contributed by atoms with Crippen molar-refractivity contribution in [3.05, 3.63) is 46.0 Å². The Kier molecular flexibility index (Phi) is 3.56. The summed E-state index contributed by atoms with van der Waals surface area (Å²) in [4.78, 5) is 12.0. The minimum atomic E-state index is -2.59. The Morgan fingerprint density at radius 3 is 2.50 bits per heavy atom. The predicted molar refractivity (Wildman–Crippen MR) is 62.4 cm³/mol. The lowest BCUT2D eigenvalue weighted by Gasteiger charge is -2.23. The van der Waals surface area contributed by atoms with E-state index in [0.717, 1.165) is 0 Å². The maximum Gasteiger partial charge on any atom is 0.254 e. The minimum absolute atomic E-state index is 0.0571. The molecule has 18 heavy (non-hydrogen) atoms. The van der Waals surface area contributed by atoms with Crippen LogP contribution in [0, 0.1) is 10.1 Å². The van der Waals surface area contributed by atoms with E-state index in [1.54, 1.807) is 30.3 Å². The first kappa shape index (κ1) is 12.9. The number of likely N-dealkylation sites (tertiary alicyclic amines) is 1. The number of hydrogen-bond acceptors (Lipinski definition) is 3. The van der Waals surface area contributed by atoms with Gasteiger partial charge in [0, 0.05) is 4.92 Å². The second kappa shape index (κ2) is 4.97. The molecule has 1 aromatic carbocycles. The van der Waals surface area contributed by atoms with Crippen molar-refractivity contribution in [2.24, 2.45) is 0 Å². The van der Waals surface area contributed by atoms with Gasteiger partial charge in [-0.05, 0) is 12.6 Å². The molecule has 0 bridgehead atoms. The molecule has 0 spiro atoms. The van der Waals surface area contributed by atoms with E-state index >= 15 is 0 Å². The van der Waals surface area contributed by atoms with Crippen LogP contribution < -0.4 is 0 Å². The highest BCUT2D eigenvalue weighted by Crippen LogP contribution is 2.37. The Labute approximate surface area is 103 Å². The van der Waals surface area contributed by atoms with Gasteiger partial charge < -0.3 is 0 Å². The van der Waals surface area contributed by atoms with Crippen LogP contribution in [0.4, 0.5) is 8.78 Å². The van der Waals surface area contributed by atoms with Gasteiger partial charge >= 0.3 is 0 Å². The van der Waals surface area contributed by atoms with Crippen molar-refractivity contribution in [1.29, 1.82) is 0 Å². The van der Waals surface area contributed by atoms with Gasteiger partial charge in [0.05, 0.1) is 18.5 Å². The third kappa shape index (κ3) is 2.20. The molecule has 1 heterocycles. The third-order valence-electron chi connectivity index (χ3n) is 3.48. The molecule has 1 aliphatic heterocycles. The fourth-order valence-corrected chi connectivity index (χ4v) is 2.67. The van der Waals surface area contributed by atoms with Crippen LogP contribution in [0.2, 0.25) is 0 Å². The Bertz CT molecular complexity index is 427. The molecule has 0 unspecified atom stereocenters. The Balaban J connectivity index is 2.39. The fourth-order valence-electron chi connectivity index (χ4n) is 2.67. The molecular weight excluding hydrogens is 242 g/mol. The number of nitrogens with zero attached hydrogens (tertiary/aromatic N) is 2. The zero-order chi connectivity index (χ0) is 13.3. The molecule has 1 aromatic rings. The summed E-state index contributed by atoms with van der Waals surface area (Å²) < 4.78 is 26.2. The number of nitro groups is 1. The second-order valence-electron chi connectivity index (χ2n) is 4.55. The summed E-state index contributed by atoms with van der Waals surface area (Å²) in [5.74, 6) is -0.758. The highest BCUT2D eigenvalue weighted by molar-refractivity contribution is 5.25. The first-order valence-electron chi connectivity index (χ1n) is 5.69. The van der Waals surface area contributed by atoms with E-state index in [0.29, 0.717) is 5.56 Å². The first-order chi connectivity index (χ1) is 8.52. The molecule has 0 amide bonds. The quantitative estimate of drug-likeness (QED) is 0.613. The Morgan fingerprint density at radius 1 is 1.39 bits per heavy atom. The normalized spacial score (nSPS) is 28.8. The molecule has 3 atom stereocenters. The number of alkyl halides is 2. The van der Waals surface area contributed by atoms with Crippen LogP contribution in [0.1, 0.15) is 11.5 Å². The van der Waals surface area contributed by atoms with Crippen molar-refractivity contribution in [2.45, 2.75) is 24.4 Å². The van der Waals surface area contributed by atoms with Crippen molar-refractivity contribution >= 4 is 0 Å². The molecule has 1 fully saturated rings. The van der Waals surface area contributed by atoms with Crippen LogP contribution >= 0.6 is 0 Å². The molecule has 2 rings (SSSR count). The Morgan fingerprint density at radius 2 is 2.00 bits per heavy atom. The van der Waals surface area contributed by atoms with Gasteiger partial charge in [0.25, 0.3) is 6.43 Å². The maximum atomic E-state index is 13.1. The average molecular weight is 256 g/mol. The van der Waals surface area contributed by atoms with Crippen LogP contribution in [0.15, 0.2) is 30.3 Å². The van der Waals surface area contributed by atoms with Crippen molar-refractivity contribution in [3.63, 3.8) is 0 Å². The molecule has 0 aromatic heterocycles. The van der Waals surface area contributed by atoms with Gasteiger partial charge in [-0.15, -0.1) is 0 Å². The van der Waals surface area contributed by atoms with Crippen LogP contribution in [-0.4, -0.2) is 41.9 Å².